The third-order valence-electron chi connectivity index (χ3n) is 4.85. The maximum atomic E-state index is 12.9. The predicted octanol–water partition coefficient (Wildman–Crippen LogP) is 5.36. The van der Waals surface area contributed by atoms with E-state index in [0.717, 1.165) is 37.0 Å². The third kappa shape index (κ3) is 4.17. The van der Waals surface area contributed by atoms with E-state index in [0.29, 0.717) is 18.0 Å². The van der Waals surface area contributed by atoms with Crippen molar-refractivity contribution in [2.75, 3.05) is 27.8 Å². The molecule has 5 nitrogen and oxygen atoms in total. The Bertz CT molecular complexity index is 1150. The molecule has 0 saturated carbocycles. The first-order valence-corrected chi connectivity index (χ1v) is 11.1. The zero-order valence-electron chi connectivity index (χ0n) is 17.0. The van der Waals surface area contributed by atoms with Gasteiger partial charge in [0.1, 0.15) is 5.01 Å². The molecule has 2 heterocycles. The Morgan fingerprint density at radius 1 is 1.00 bits per heavy atom. The van der Waals surface area contributed by atoms with E-state index >= 15 is 0 Å². The fourth-order valence-electron chi connectivity index (χ4n) is 3.17. The number of benzene rings is 2. The first-order chi connectivity index (χ1) is 14.6. The molecule has 0 atom stereocenters. The lowest BCUT2D eigenvalue weighted by molar-refractivity contribution is 0.0801. The topological polar surface area (TPSA) is 51.7 Å². The Hall–Kier alpha value is -2.90. The Morgan fingerprint density at radius 3 is 2.57 bits per heavy atom. The zero-order chi connectivity index (χ0) is 21.1. The van der Waals surface area contributed by atoms with E-state index in [2.05, 4.69) is 11.1 Å². The summed E-state index contributed by atoms with van der Waals surface area (Å²) in [6, 6.07) is 17.8. The summed E-state index contributed by atoms with van der Waals surface area (Å²) in [5.41, 5.74) is 2.08. The third-order valence-corrected chi connectivity index (χ3v) is 7.13. The molecule has 2 aromatic heterocycles. The van der Waals surface area contributed by atoms with Crippen LogP contribution in [0.5, 0.6) is 11.5 Å². The first-order valence-electron chi connectivity index (χ1n) is 9.51. The fourth-order valence-corrected chi connectivity index (χ4v) is 5.19. The monoisotopic (exact) mass is 438 g/mol. The largest absolute Gasteiger partial charge is 0.493 e. The highest BCUT2D eigenvalue weighted by Crippen LogP contribution is 2.34. The lowest BCUT2D eigenvalue weighted by Crippen LogP contribution is -2.28. The lowest BCUT2D eigenvalue weighted by atomic mass is 10.1. The van der Waals surface area contributed by atoms with Crippen LogP contribution >= 0.6 is 22.7 Å². The number of para-hydroxylation sites is 1. The number of hydrogen-bond donors (Lipinski definition) is 0. The summed E-state index contributed by atoms with van der Waals surface area (Å²) in [7, 11) is 5.07. The summed E-state index contributed by atoms with van der Waals surface area (Å²) in [5.74, 6) is 1.42. The molecule has 0 fully saturated rings. The van der Waals surface area contributed by atoms with Crippen molar-refractivity contribution in [2.24, 2.45) is 0 Å². The Kier molecular flexibility index (Phi) is 6.01. The molecule has 0 N–H and O–H groups in total. The van der Waals surface area contributed by atoms with Crippen molar-refractivity contribution in [3.05, 3.63) is 65.0 Å². The van der Waals surface area contributed by atoms with Crippen LogP contribution in [0.3, 0.4) is 0 Å². The molecule has 0 unspecified atom stereocenters. The zero-order valence-corrected chi connectivity index (χ0v) is 18.7. The smallest absolute Gasteiger partial charge is 0.263 e. The van der Waals surface area contributed by atoms with Gasteiger partial charge in [0.15, 0.2) is 11.5 Å². The maximum Gasteiger partial charge on any atom is 0.263 e. The SMILES string of the molecule is COc1ccc(CCN(C)C(=O)c2ccc(-c3nc4ccccc4s3)s2)cc1OC. The molecular weight excluding hydrogens is 416 g/mol. The van der Waals surface area contributed by atoms with Crippen molar-refractivity contribution in [1.82, 2.24) is 9.88 Å². The number of aromatic nitrogens is 1. The molecule has 0 bridgehead atoms. The van der Waals surface area contributed by atoms with Gasteiger partial charge in [0.2, 0.25) is 0 Å². The number of rotatable bonds is 7. The highest BCUT2D eigenvalue weighted by Gasteiger charge is 2.17. The van der Waals surface area contributed by atoms with Crippen LogP contribution in [-0.4, -0.2) is 43.6 Å². The van der Waals surface area contributed by atoms with Crippen molar-refractivity contribution >= 4 is 38.8 Å². The average molecular weight is 439 g/mol. The van der Waals surface area contributed by atoms with Gasteiger partial charge in [0.05, 0.1) is 34.2 Å². The van der Waals surface area contributed by atoms with Crippen molar-refractivity contribution < 1.29 is 14.3 Å². The molecule has 0 aliphatic carbocycles. The fraction of sp³-hybridized carbons (Fsp3) is 0.217. The van der Waals surface area contributed by atoms with E-state index in [4.69, 9.17) is 9.47 Å². The summed E-state index contributed by atoms with van der Waals surface area (Å²) < 4.78 is 11.8. The molecule has 0 aliphatic rings. The number of amides is 1. The maximum absolute atomic E-state index is 12.9. The molecular formula is C23H22N2O3S2. The number of nitrogens with zero attached hydrogens (tertiary/aromatic N) is 2. The van der Waals surface area contributed by atoms with Gasteiger partial charge in [-0.1, -0.05) is 18.2 Å². The highest BCUT2D eigenvalue weighted by atomic mass is 32.1. The van der Waals surface area contributed by atoms with Gasteiger partial charge >= 0.3 is 0 Å². The van der Waals surface area contributed by atoms with Gasteiger partial charge in [-0.05, 0) is 48.4 Å². The van der Waals surface area contributed by atoms with Gasteiger partial charge in [0.25, 0.3) is 5.91 Å². The predicted molar refractivity (Wildman–Crippen MR) is 123 cm³/mol. The Labute approximate surface area is 183 Å². The van der Waals surface area contributed by atoms with Crippen LogP contribution in [0.4, 0.5) is 0 Å². The van der Waals surface area contributed by atoms with Crippen LogP contribution in [0.2, 0.25) is 0 Å². The highest BCUT2D eigenvalue weighted by molar-refractivity contribution is 7.26. The summed E-state index contributed by atoms with van der Waals surface area (Å²) in [6.45, 7) is 0.614. The number of carbonyl (C=O) groups is 1. The molecule has 4 aromatic rings. The van der Waals surface area contributed by atoms with Crippen LogP contribution in [0.1, 0.15) is 15.2 Å². The average Bonchev–Trinajstić information content (AvgIpc) is 3.43. The second kappa shape index (κ2) is 8.85. The minimum atomic E-state index is 0.0211. The number of carbonyl (C=O) groups excluding carboxylic acids is 1. The standard InChI is InChI=1S/C23H22N2O3S2/c1-25(13-12-15-8-9-17(27-2)18(14-15)28-3)23(26)21-11-10-20(29-21)22-24-16-6-4-5-7-19(16)30-22/h4-11,14H,12-13H2,1-3H3. The van der Waals surface area contributed by atoms with Crippen molar-refractivity contribution in [1.29, 1.82) is 0 Å². The van der Waals surface area contributed by atoms with Crippen LogP contribution in [0.25, 0.3) is 20.1 Å². The minimum absolute atomic E-state index is 0.0211. The Balaban J connectivity index is 1.43. The van der Waals surface area contributed by atoms with Crippen LogP contribution in [0.15, 0.2) is 54.6 Å². The van der Waals surface area contributed by atoms with E-state index in [9.17, 15) is 4.79 Å². The van der Waals surface area contributed by atoms with Gasteiger partial charge in [-0.2, -0.15) is 0 Å². The van der Waals surface area contributed by atoms with E-state index in [1.54, 1.807) is 30.5 Å². The van der Waals surface area contributed by atoms with Crippen LogP contribution in [-0.2, 0) is 6.42 Å². The number of thiazole rings is 1. The molecule has 30 heavy (non-hydrogen) atoms. The summed E-state index contributed by atoms with van der Waals surface area (Å²) in [5, 5.41) is 0.952. The van der Waals surface area contributed by atoms with Crippen LogP contribution < -0.4 is 9.47 Å². The molecule has 7 heteroatoms. The van der Waals surface area contributed by atoms with E-state index in [1.807, 2.05) is 55.6 Å². The summed E-state index contributed by atoms with van der Waals surface area (Å²) in [6.07, 6.45) is 0.735. The van der Waals surface area contributed by atoms with Crippen molar-refractivity contribution in [3.8, 4) is 21.4 Å². The van der Waals surface area contributed by atoms with Gasteiger partial charge in [0, 0.05) is 13.6 Å². The number of hydrogen-bond acceptors (Lipinski definition) is 6. The van der Waals surface area contributed by atoms with Gasteiger partial charge < -0.3 is 14.4 Å². The van der Waals surface area contributed by atoms with Crippen LogP contribution in [0, 0.1) is 0 Å². The normalized spacial score (nSPS) is 10.9. The lowest BCUT2D eigenvalue weighted by Gasteiger charge is -2.17. The summed E-state index contributed by atoms with van der Waals surface area (Å²) >= 11 is 3.14. The number of likely N-dealkylation sites (N-methyl/N-ethyl adjacent to an activating group) is 1. The number of methoxy groups -OCH3 is 2. The van der Waals surface area contributed by atoms with Crippen molar-refractivity contribution in [2.45, 2.75) is 6.42 Å². The van der Waals surface area contributed by atoms with Crippen molar-refractivity contribution in [3.63, 3.8) is 0 Å². The molecule has 1 amide bonds. The first kappa shape index (κ1) is 20.4. The number of ether oxygens (including phenoxy) is 2. The summed E-state index contributed by atoms with van der Waals surface area (Å²) in [4.78, 5) is 21.1. The molecule has 0 radical (unpaired) electrons. The molecule has 2 aromatic carbocycles. The van der Waals surface area contributed by atoms with Gasteiger partial charge in [-0.15, -0.1) is 22.7 Å². The molecule has 0 aliphatic heterocycles. The molecule has 154 valence electrons. The second-order valence-corrected chi connectivity index (χ2v) is 8.93. The quantitative estimate of drug-likeness (QED) is 0.390. The molecule has 0 spiro atoms. The second-order valence-electron chi connectivity index (χ2n) is 6.82. The van der Waals surface area contributed by atoms with E-state index in [-0.39, 0.29) is 5.91 Å². The molecule has 4 rings (SSSR count). The Morgan fingerprint density at radius 2 is 1.80 bits per heavy atom. The number of thiophene rings is 1. The van der Waals surface area contributed by atoms with E-state index < -0.39 is 0 Å². The minimum Gasteiger partial charge on any atom is -0.493 e. The van der Waals surface area contributed by atoms with Gasteiger partial charge in [-0.25, -0.2) is 4.98 Å². The van der Waals surface area contributed by atoms with E-state index in [1.165, 1.54) is 11.3 Å². The molecule has 0 saturated heterocycles. The number of fused-ring (bicyclic) bond motifs is 1. The van der Waals surface area contributed by atoms with Gasteiger partial charge in [-0.3, -0.25) is 4.79 Å².